The normalized spacial score (nSPS) is 10.9. The van der Waals surface area contributed by atoms with Crippen LogP contribution in [0.5, 0.6) is 0 Å². The van der Waals surface area contributed by atoms with Crippen molar-refractivity contribution in [2.45, 2.75) is 13.8 Å². The molecule has 0 bridgehead atoms. The topological polar surface area (TPSA) is 25.8 Å². The fourth-order valence-electron chi connectivity index (χ4n) is 1.59. The van der Waals surface area contributed by atoms with Gasteiger partial charge in [-0.2, -0.15) is 0 Å². The van der Waals surface area contributed by atoms with Crippen molar-refractivity contribution in [1.82, 2.24) is 10.2 Å². The van der Waals surface area contributed by atoms with E-state index in [1.54, 1.807) is 34.0 Å². The maximum Gasteiger partial charge on any atom is 0.158 e. The minimum absolute atomic E-state index is 1.03. The fourth-order valence-corrected chi connectivity index (χ4v) is 4.59. The van der Waals surface area contributed by atoms with Gasteiger partial charge in [-0.15, -0.1) is 32.9 Å². The van der Waals surface area contributed by atoms with Crippen molar-refractivity contribution in [3.05, 3.63) is 34.0 Å². The van der Waals surface area contributed by atoms with Crippen molar-refractivity contribution < 1.29 is 0 Å². The maximum absolute atomic E-state index is 4.30. The molecule has 0 unspecified atom stereocenters. The lowest BCUT2D eigenvalue weighted by molar-refractivity contribution is 1.10. The first kappa shape index (κ1) is 11.1. The van der Waals surface area contributed by atoms with E-state index in [2.05, 4.69) is 46.9 Å². The first-order valence-corrected chi connectivity index (χ1v) is 7.75. The standard InChI is InChI=1S/C12H10N2S3/c1-7-3-5-15-9(7)11-13-14-12(17-11)10-8(2)4-6-16-10/h3-6H,1-2H3. The van der Waals surface area contributed by atoms with Crippen LogP contribution in [0.15, 0.2) is 22.9 Å². The lowest BCUT2D eigenvalue weighted by Gasteiger charge is -1.91. The molecule has 0 saturated carbocycles. The van der Waals surface area contributed by atoms with Gasteiger partial charge in [-0.1, -0.05) is 11.3 Å². The summed E-state index contributed by atoms with van der Waals surface area (Å²) in [6.07, 6.45) is 0. The second kappa shape index (κ2) is 4.33. The third kappa shape index (κ3) is 1.94. The minimum Gasteiger partial charge on any atom is -0.141 e. The summed E-state index contributed by atoms with van der Waals surface area (Å²) in [5.41, 5.74) is 2.56. The van der Waals surface area contributed by atoms with E-state index in [0.717, 1.165) is 10.0 Å². The summed E-state index contributed by atoms with van der Waals surface area (Å²) in [5, 5.41) is 14.9. The molecule has 0 amide bonds. The van der Waals surface area contributed by atoms with Gasteiger partial charge in [0, 0.05) is 0 Å². The van der Waals surface area contributed by atoms with E-state index < -0.39 is 0 Å². The van der Waals surface area contributed by atoms with Gasteiger partial charge in [0.1, 0.15) is 0 Å². The molecule has 0 saturated heterocycles. The van der Waals surface area contributed by atoms with Gasteiger partial charge in [-0.05, 0) is 47.9 Å². The first-order valence-electron chi connectivity index (χ1n) is 5.18. The van der Waals surface area contributed by atoms with Crippen LogP contribution in [-0.4, -0.2) is 10.2 Å². The first-order chi connectivity index (χ1) is 8.25. The molecule has 86 valence electrons. The second-order valence-corrected chi connectivity index (χ2v) is 6.59. The molecule has 3 rings (SSSR count). The molecular weight excluding hydrogens is 268 g/mol. The SMILES string of the molecule is Cc1ccsc1-c1nnc(-c2sccc2C)s1. The fraction of sp³-hybridized carbons (Fsp3) is 0.167. The van der Waals surface area contributed by atoms with Crippen LogP contribution in [0, 0.1) is 13.8 Å². The molecule has 17 heavy (non-hydrogen) atoms. The third-order valence-electron chi connectivity index (χ3n) is 2.54. The number of nitrogens with zero attached hydrogens (tertiary/aromatic N) is 2. The van der Waals surface area contributed by atoms with Gasteiger partial charge >= 0.3 is 0 Å². The Morgan fingerprint density at radius 1 is 0.824 bits per heavy atom. The molecule has 0 aliphatic heterocycles. The van der Waals surface area contributed by atoms with E-state index in [4.69, 9.17) is 0 Å². The molecule has 0 radical (unpaired) electrons. The summed E-state index contributed by atoms with van der Waals surface area (Å²) in [6, 6.07) is 4.24. The Morgan fingerprint density at radius 3 is 1.65 bits per heavy atom. The molecule has 0 aliphatic rings. The average Bonchev–Trinajstić information content (AvgIpc) is 2.97. The summed E-state index contributed by atoms with van der Waals surface area (Å²) >= 11 is 5.13. The van der Waals surface area contributed by atoms with Crippen molar-refractivity contribution >= 4 is 34.0 Å². The Kier molecular flexibility index (Phi) is 2.82. The molecule has 0 spiro atoms. The lowest BCUT2D eigenvalue weighted by atomic mass is 10.3. The predicted octanol–water partition coefficient (Wildman–Crippen LogP) is 4.61. The highest BCUT2D eigenvalue weighted by Gasteiger charge is 2.13. The van der Waals surface area contributed by atoms with E-state index in [1.807, 2.05) is 0 Å². The second-order valence-electron chi connectivity index (χ2n) is 3.78. The molecule has 3 heterocycles. The van der Waals surface area contributed by atoms with Gasteiger partial charge in [0.05, 0.1) is 9.75 Å². The Balaban J connectivity index is 2.05. The molecule has 0 aliphatic carbocycles. The Labute approximate surface area is 112 Å². The molecule has 0 N–H and O–H groups in total. The van der Waals surface area contributed by atoms with Gasteiger partial charge in [-0.3, -0.25) is 0 Å². The van der Waals surface area contributed by atoms with Crippen molar-refractivity contribution in [1.29, 1.82) is 0 Å². The molecule has 5 heteroatoms. The monoisotopic (exact) mass is 278 g/mol. The smallest absolute Gasteiger partial charge is 0.141 e. The van der Waals surface area contributed by atoms with Gasteiger partial charge in [0.25, 0.3) is 0 Å². The Hall–Kier alpha value is -1.04. The van der Waals surface area contributed by atoms with Crippen molar-refractivity contribution in [2.75, 3.05) is 0 Å². The van der Waals surface area contributed by atoms with Crippen molar-refractivity contribution in [3.8, 4) is 19.8 Å². The average molecular weight is 278 g/mol. The highest BCUT2D eigenvalue weighted by atomic mass is 32.1. The zero-order valence-corrected chi connectivity index (χ0v) is 11.9. The molecule has 0 fully saturated rings. The third-order valence-corrected chi connectivity index (χ3v) is 5.80. The zero-order valence-electron chi connectivity index (χ0n) is 9.43. The highest BCUT2D eigenvalue weighted by Crippen LogP contribution is 2.37. The van der Waals surface area contributed by atoms with Crippen LogP contribution in [-0.2, 0) is 0 Å². The van der Waals surface area contributed by atoms with Gasteiger partial charge < -0.3 is 0 Å². The van der Waals surface area contributed by atoms with E-state index in [1.165, 1.54) is 20.9 Å². The number of hydrogen-bond donors (Lipinski definition) is 0. The van der Waals surface area contributed by atoms with Gasteiger partial charge in [-0.25, -0.2) is 0 Å². The van der Waals surface area contributed by atoms with Gasteiger partial charge in [0.15, 0.2) is 10.0 Å². The highest BCUT2D eigenvalue weighted by molar-refractivity contribution is 7.25. The van der Waals surface area contributed by atoms with Crippen LogP contribution in [0.2, 0.25) is 0 Å². The molecule has 0 aromatic carbocycles. The molecule has 0 atom stereocenters. The predicted molar refractivity (Wildman–Crippen MR) is 76.0 cm³/mol. The van der Waals surface area contributed by atoms with Crippen molar-refractivity contribution in [2.24, 2.45) is 0 Å². The minimum atomic E-state index is 1.03. The van der Waals surface area contributed by atoms with Gasteiger partial charge in [0.2, 0.25) is 0 Å². The lowest BCUT2D eigenvalue weighted by Crippen LogP contribution is -1.75. The maximum atomic E-state index is 4.30. The Bertz CT molecular complexity index is 593. The number of thiophene rings is 2. The van der Waals surface area contributed by atoms with Crippen LogP contribution >= 0.6 is 34.0 Å². The molecule has 3 aromatic rings. The Morgan fingerprint density at radius 2 is 1.29 bits per heavy atom. The van der Waals surface area contributed by atoms with E-state index in [9.17, 15) is 0 Å². The van der Waals surface area contributed by atoms with Crippen LogP contribution in [0.3, 0.4) is 0 Å². The number of hydrogen-bond acceptors (Lipinski definition) is 5. The summed E-state index contributed by atoms with van der Waals surface area (Å²) in [7, 11) is 0. The molecule has 2 nitrogen and oxygen atoms in total. The largest absolute Gasteiger partial charge is 0.158 e. The molecule has 3 aromatic heterocycles. The zero-order chi connectivity index (χ0) is 11.8. The number of aryl methyl sites for hydroxylation is 2. The number of aromatic nitrogens is 2. The quantitative estimate of drug-likeness (QED) is 0.684. The van der Waals surface area contributed by atoms with E-state index >= 15 is 0 Å². The number of rotatable bonds is 2. The van der Waals surface area contributed by atoms with E-state index in [-0.39, 0.29) is 0 Å². The molecular formula is C12H10N2S3. The summed E-state index contributed by atoms with van der Waals surface area (Å²) < 4.78 is 0. The van der Waals surface area contributed by atoms with Crippen molar-refractivity contribution in [3.63, 3.8) is 0 Å². The van der Waals surface area contributed by atoms with Crippen LogP contribution in [0.4, 0.5) is 0 Å². The van der Waals surface area contributed by atoms with Crippen LogP contribution in [0.1, 0.15) is 11.1 Å². The van der Waals surface area contributed by atoms with E-state index in [0.29, 0.717) is 0 Å². The summed E-state index contributed by atoms with van der Waals surface area (Å²) in [6.45, 7) is 4.23. The van der Waals surface area contributed by atoms with Crippen LogP contribution < -0.4 is 0 Å². The summed E-state index contributed by atoms with van der Waals surface area (Å²) in [4.78, 5) is 2.48. The van der Waals surface area contributed by atoms with Crippen LogP contribution in [0.25, 0.3) is 19.8 Å². The summed E-state index contributed by atoms with van der Waals surface area (Å²) in [5.74, 6) is 0.